The van der Waals surface area contributed by atoms with Gasteiger partial charge in [0, 0.05) is 17.2 Å². The number of nitrogens with one attached hydrogen (secondary N) is 1. The number of nitro groups is 1. The predicted molar refractivity (Wildman–Crippen MR) is 91.8 cm³/mol. The lowest BCUT2D eigenvalue weighted by atomic mass is 10.1. The molecule has 1 N–H and O–H groups in total. The third-order valence-corrected chi connectivity index (χ3v) is 3.48. The van der Waals surface area contributed by atoms with Gasteiger partial charge < -0.3 is 5.32 Å². The highest BCUT2D eigenvalue weighted by Gasteiger charge is 2.14. The molecule has 0 aliphatic rings. The number of rotatable bonds is 4. The highest BCUT2D eigenvalue weighted by molar-refractivity contribution is 6.34. The Hall–Kier alpha value is -2.88. The summed E-state index contributed by atoms with van der Waals surface area (Å²) in [7, 11) is 0. The van der Waals surface area contributed by atoms with E-state index in [2.05, 4.69) is 5.32 Å². The van der Waals surface area contributed by atoms with Crippen LogP contribution in [0.2, 0.25) is 10.0 Å². The van der Waals surface area contributed by atoms with E-state index in [1.807, 2.05) is 0 Å². The molecule has 1 amide bonds. The van der Waals surface area contributed by atoms with Gasteiger partial charge in [0.25, 0.3) is 11.6 Å². The van der Waals surface area contributed by atoms with Gasteiger partial charge in [0.15, 0.2) is 0 Å². The highest BCUT2D eigenvalue weighted by Crippen LogP contribution is 2.27. The molecule has 6 nitrogen and oxygen atoms in total. The molecule has 2 aromatic carbocycles. The lowest BCUT2D eigenvalue weighted by Crippen LogP contribution is -2.13. The fourth-order valence-corrected chi connectivity index (χ4v) is 2.24. The van der Waals surface area contributed by atoms with Crippen molar-refractivity contribution in [3.05, 3.63) is 73.8 Å². The highest BCUT2D eigenvalue weighted by atomic mass is 35.5. The third-order valence-electron chi connectivity index (χ3n) is 2.94. The largest absolute Gasteiger partial charge is 0.320 e. The summed E-state index contributed by atoms with van der Waals surface area (Å²) in [4.78, 5) is 22.2. The summed E-state index contributed by atoms with van der Waals surface area (Å²) >= 11 is 11.8. The topological polar surface area (TPSA) is 96.0 Å². The van der Waals surface area contributed by atoms with Crippen molar-refractivity contribution in [2.24, 2.45) is 0 Å². The fourth-order valence-electron chi connectivity index (χ4n) is 1.82. The van der Waals surface area contributed by atoms with Crippen molar-refractivity contribution in [2.75, 3.05) is 5.32 Å². The van der Waals surface area contributed by atoms with Gasteiger partial charge in [0.2, 0.25) is 0 Å². The summed E-state index contributed by atoms with van der Waals surface area (Å²) in [6, 6.07) is 12.1. The van der Waals surface area contributed by atoms with E-state index in [0.29, 0.717) is 10.6 Å². The monoisotopic (exact) mass is 361 g/mol. The summed E-state index contributed by atoms with van der Waals surface area (Å²) in [6.07, 6.45) is 1.38. The average Bonchev–Trinajstić information content (AvgIpc) is 2.54. The lowest BCUT2D eigenvalue weighted by Gasteiger charge is -2.06. The summed E-state index contributed by atoms with van der Waals surface area (Å²) in [5.74, 6) is -0.687. The second kappa shape index (κ2) is 7.59. The molecule has 0 bridgehead atoms. The van der Waals surface area contributed by atoms with Gasteiger partial charge >= 0.3 is 0 Å². The second-order valence-corrected chi connectivity index (χ2v) is 5.44. The molecule has 0 radical (unpaired) electrons. The maximum absolute atomic E-state index is 12.2. The SMILES string of the molecule is N#C/C(=C\c1cccc(Cl)c1)C(=O)Nc1ccc([N+](=O)[O-])cc1Cl. The van der Waals surface area contributed by atoms with E-state index in [0.717, 1.165) is 6.07 Å². The minimum absolute atomic E-state index is 0.00223. The molecule has 0 spiro atoms. The van der Waals surface area contributed by atoms with E-state index >= 15 is 0 Å². The van der Waals surface area contributed by atoms with Crippen LogP contribution in [0, 0.1) is 21.4 Å². The minimum Gasteiger partial charge on any atom is -0.320 e. The number of carbonyl (C=O) groups excluding carboxylic acids is 1. The van der Waals surface area contributed by atoms with Crippen LogP contribution in [-0.4, -0.2) is 10.8 Å². The smallest absolute Gasteiger partial charge is 0.271 e. The van der Waals surface area contributed by atoms with E-state index < -0.39 is 10.8 Å². The molecule has 120 valence electrons. The number of nitrogens with zero attached hydrogens (tertiary/aromatic N) is 2. The first-order valence-corrected chi connectivity index (χ1v) is 7.29. The number of benzene rings is 2. The zero-order valence-corrected chi connectivity index (χ0v) is 13.5. The van der Waals surface area contributed by atoms with Crippen molar-refractivity contribution >= 4 is 46.6 Å². The molecule has 0 aliphatic heterocycles. The molecule has 0 atom stereocenters. The van der Waals surface area contributed by atoms with Crippen molar-refractivity contribution in [2.45, 2.75) is 0 Å². The number of hydrogen-bond acceptors (Lipinski definition) is 4. The number of nitro benzene ring substituents is 1. The van der Waals surface area contributed by atoms with Crippen LogP contribution in [0.15, 0.2) is 48.0 Å². The summed E-state index contributed by atoms with van der Waals surface area (Å²) in [6.45, 7) is 0. The molecule has 0 saturated heterocycles. The normalized spacial score (nSPS) is 10.8. The molecule has 2 aromatic rings. The number of amides is 1. The Bertz CT molecular complexity index is 888. The van der Waals surface area contributed by atoms with Crippen molar-refractivity contribution in [1.29, 1.82) is 5.26 Å². The zero-order chi connectivity index (χ0) is 17.7. The van der Waals surface area contributed by atoms with Crippen LogP contribution in [0.5, 0.6) is 0 Å². The van der Waals surface area contributed by atoms with Gasteiger partial charge in [0.1, 0.15) is 11.6 Å². The Balaban J connectivity index is 2.24. The molecule has 8 heteroatoms. The molecule has 24 heavy (non-hydrogen) atoms. The molecular formula is C16H9Cl2N3O3. The molecular weight excluding hydrogens is 353 g/mol. The van der Waals surface area contributed by atoms with Crippen molar-refractivity contribution < 1.29 is 9.72 Å². The summed E-state index contributed by atoms with van der Waals surface area (Å²) in [5.41, 5.74) is 0.392. The Morgan fingerprint density at radius 1 is 1.25 bits per heavy atom. The van der Waals surface area contributed by atoms with E-state index in [4.69, 9.17) is 28.5 Å². The number of carbonyl (C=O) groups is 1. The maximum atomic E-state index is 12.2. The van der Waals surface area contributed by atoms with E-state index in [1.54, 1.807) is 30.3 Å². The zero-order valence-electron chi connectivity index (χ0n) is 12.0. The number of nitriles is 1. The number of halogens is 2. The van der Waals surface area contributed by atoms with Crippen LogP contribution in [0.1, 0.15) is 5.56 Å². The standard InChI is InChI=1S/C16H9Cl2N3O3/c17-12-3-1-2-10(7-12)6-11(9-19)16(22)20-15-5-4-13(21(23)24)8-14(15)18/h1-8H,(H,20,22)/b11-6+. The van der Waals surface area contributed by atoms with Gasteiger partial charge in [-0.05, 0) is 29.8 Å². The number of hydrogen-bond donors (Lipinski definition) is 1. The van der Waals surface area contributed by atoms with Crippen LogP contribution in [0.25, 0.3) is 6.08 Å². The Morgan fingerprint density at radius 3 is 2.58 bits per heavy atom. The molecule has 0 unspecified atom stereocenters. The number of anilines is 1. The number of non-ortho nitro benzene ring substituents is 1. The van der Waals surface area contributed by atoms with Gasteiger partial charge in [-0.25, -0.2) is 0 Å². The van der Waals surface area contributed by atoms with E-state index in [-0.39, 0.29) is 22.0 Å². The van der Waals surface area contributed by atoms with E-state index in [1.165, 1.54) is 18.2 Å². The quantitative estimate of drug-likeness (QED) is 0.376. The van der Waals surface area contributed by atoms with E-state index in [9.17, 15) is 14.9 Å². The van der Waals surface area contributed by atoms with Crippen molar-refractivity contribution in [3.63, 3.8) is 0 Å². The molecule has 0 saturated carbocycles. The molecule has 0 fully saturated rings. The molecule has 0 aliphatic carbocycles. The van der Waals surface area contributed by atoms with Crippen molar-refractivity contribution in [1.82, 2.24) is 0 Å². The molecule has 2 rings (SSSR count). The van der Waals surface area contributed by atoms with Crippen molar-refractivity contribution in [3.8, 4) is 6.07 Å². The molecule has 0 heterocycles. The first kappa shape index (κ1) is 17.5. The molecule has 0 aromatic heterocycles. The van der Waals surface area contributed by atoms with Gasteiger partial charge in [-0.15, -0.1) is 0 Å². The predicted octanol–water partition coefficient (Wildman–Crippen LogP) is 4.45. The summed E-state index contributed by atoms with van der Waals surface area (Å²) < 4.78 is 0. The van der Waals surface area contributed by atoms with Crippen LogP contribution in [0.3, 0.4) is 0 Å². The van der Waals surface area contributed by atoms with Crippen LogP contribution < -0.4 is 5.32 Å². The van der Waals surface area contributed by atoms with Gasteiger partial charge in [-0.3, -0.25) is 14.9 Å². The first-order chi connectivity index (χ1) is 11.4. The maximum Gasteiger partial charge on any atom is 0.271 e. The lowest BCUT2D eigenvalue weighted by molar-refractivity contribution is -0.384. The summed E-state index contributed by atoms with van der Waals surface area (Å²) in [5, 5.41) is 22.7. The van der Waals surface area contributed by atoms with Crippen LogP contribution in [-0.2, 0) is 4.79 Å². The fraction of sp³-hybridized carbons (Fsp3) is 0. The third kappa shape index (κ3) is 4.32. The Labute approximate surface area is 147 Å². The Morgan fingerprint density at radius 2 is 2.00 bits per heavy atom. The average molecular weight is 362 g/mol. The van der Waals surface area contributed by atoms with Gasteiger partial charge in [0.05, 0.1) is 15.6 Å². The van der Waals surface area contributed by atoms with Crippen LogP contribution >= 0.6 is 23.2 Å². The van der Waals surface area contributed by atoms with Gasteiger partial charge in [-0.1, -0.05) is 35.3 Å². The second-order valence-electron chi connectivity index (χ2n) is 4.60. The van der Waals surface area contributed by atoms with Crippen LogP contribution in [0.4, 0.5) is 11.4 Å². The minimum atomic E-state index is -0.687. The van der Waals surface area contributed by atoms with Gasteiger partial charge in [-0.2, -0.15) is 5.26 Å². The Kier molecular flexibility index (Phi) is 5.53. The first-order valence-electron chi connectivity index (χ1n) is 6.53.